The predicted octanol–water partition coefficient (Wildman–Crippen LogP) is 3.83. The minimum Gasteiger partial charge on any atom is -0.383 e. The van der Waals surface area contributed by atoms with E-state index in [1.165, 1.54) is 0 Å². The number of anilines is 1. The maximum absolute atomic E-state index is 14.0. The van der Waals surface area contributed by atoms with Crippen LogP contribution < -0.4 is 5.32 Å². The molecule has 5 rings (SSSR count). The van der Waals surface area contributed by atoms with E-state index < -0.39 is 23.4 Å². The van der Waals surface area contributed by atoms with Crippen LogP contribution in [0.1, 0.15) is 48.2 Å². The number of para-hydroxylation sites is 1. The summed E-state index contributed by atoms with van der Waals surface area (Å²) >= 11 is 3.45. The molecule has 1 saturated heterocycles. The summed E-state index contributed by atoms with van der Waals surface area (Å²) in [4.78, 5) is 43.8. The quantitative estimate of drug-likeness (QED) is 0.660. The Labute approximate surface area is 206 Å². The molecule has 1 unspecified atom stereocenters. The number of halogens is 1. The molecular weight excluding hydrogens is 496 g/mol. The molecule has 7 nitrogen and oxygen atoms in total. The first-order valence-corrected chi connectivity index (χ1v) is 12.3. The van der Waals surface area contributed by atoms with Crippen molar-refractivity contribution in [3.05, 3.63) is 63.6 Å². The number of rotatable bonds is 4. The van der Waals surface area contributed by atoms with Crippen molar-refractivity contribution in [3.8, 4) is 6.07 Å². The molecular formula is C26H25BrN4O3. The number of nitrogens with one attached hydrogen (secondary N) is 1. The molecule has 3 aliphatic rings. The van der Waals surface area contributed by atoms with Crippen molar-refractivity contribution >= 4 is 39.3 Å². The largest absolute Gasteiger partial charge is 0.383 e. The Morgan fingerprint density at radius 2 is 2.03 bits per heavy atom. The average Bonchev–Trinajstić information content (AvgIpc) is 3.44. The number of imide groups is 1. The summed E-state index contributed by atoms with van der Waals surface area (Å²) in [6.07, 6.45) is 0.650. The van der Waals surface area contributed by atoms with Gasteiger partial charge in [-0.15, -0.1) is 0 Å². The number of hydrogen-bond donors (Lipinski definition) is 1. The van der Waals surface area contributed by atoms with Gasteiger partial charge in [0.25, 0.3) is 11.8 Å². The zero-order valence-electron chi connectivity index (χ0n) is 19.0. The lowest BCUT2D eigenvalue weighted by Crippen LogP contribution is -2.53. The third kappa shape index (κ3) is 3.33. The Bertz CT molecular complexity index is 1250. The van der Waals surface area contributed by atoms with Gasteiger partial charge in [-0.3, -0.25) is 19.3 Å². The van der Waals surface area contributed by atoms with Gasteiger partial charge in [-0.05, 0) is 47.7 Å². The zero-order chi connectivity index (χ0) is 24.2. The fourth-order valence-corrected chi connectivity index (χ4v) is 5.95. The molecule has 3 aliphatic heterocycles. The predicted molar refractivity (Wildman–Crippen MR) is 130 cm³/mol. The lowest BCUT2D eigenvalue weighted by Gasteiger charge is -2.32. The zero-order valence-corrected chi connectivity index (χ0v) is 20.6. The fraction of sp³-hybridized carbons (Fsp3) is 0.385. The van der Waals surface area contributed by atoms with Gasteiger partial charge < -0.3 is 10.2 Å². The van der Waals surface area contributed by atoms with Crippen molar-refractivity contribution in [1.29, 1.82) is 5.26 Å². The molecule has 174 valence electrons. The number of hydrogen-bond acceptors (Lipinski definition) is 5. The van der Waals surface area contributed by atoms with Crippen molar-refractivity contribution in [3.63, 3.8) is 0 Å². The summed E-state index contributed by atoms with van der Waals surface area (Å²) in [5, 5.41) is 13.2. The van der Waals surface area contributed by atoms with Crippen LogP contribution in [0.5, 0.6) is 0 Å². The van der Waals surface area contributed by atoms with Gasteiger partial charge in [-0.2, -0.15) is 5.26 Å². The summed E-state index contributed by atoms with van der Waals surface area (Å²) < 4.78 is 0.862. The van der Waals surface area contributed by atoms with E-state index in [1.807, 2.05) is 50.2 Å². The van der Waals surface area contributed by atoms with E-state index in [1.54, 1.807) is 11.0 Å². The minimum atomic E-state index is -0.947. The first-order chi connectivity index (χ1) is 16.3. The third-order valence-electron chi connectivity index (χ3n) is 7.15. The van der Waals surface area contributed by atoms with Crippen LogP contribution in [-0.2, 0) is 21.5 Å². The van der Waals surface area contributed by atoms with E-state index in [0.29, 0.717) is 25.1 Å². The lowest BCUT2D eigenvalue weighted by molar-refractivity contribution is -0.148. The number of carbonyl (C=O) groups is 3. The second kappa shape index (κ2) is 8.24. The standard InChI is InChI=1S/C26H25BrN4O3/c1-15(2)9-22(30-13-16-10-17(27)7-8-19(16)23(30)32)24(33)31-18(12-28)11-26(25(31)34)14-29-21-6-4-3-5-20(21)26/h3-8,10,15,18,22,29H,9,11,13-14H2,1-2H3/t18-,22?,26-/m0/s1. The molecule has 3 atom stereocenters. The number of likely N-dealkylation sites (tertiary alicyclic amines) is 1. The van der Waals surface area contributed by atoms with Crippen LogP contribution in [0.2, 0.25) is 0 Å². The summed E-state index contributed by atoms with van der Waals surface area (Å²) in [5.41, 5.74) is 2.15. The van der Waals surface area contributed by atoms with Crippen LogP contribution in [0.25, 0.3) is 0 Å². The fourth-order valence-electron chi connectivity index (χ4n) is 5.54. The smallest absolute Gasteiger partial charge is 0.255 e. The van der Waals surface area contributed by atoms with Gasteiger partial charge >= 0.3 is 0 Å². The summed E-state index contributed by atoms with van der Waals surface area (Å²) in [6, 6.07) is 13.5. The van der Waals surface area contributed by atoms with Gasteiger partial charge in [0.15, 0.2) is 0 Å². The van der Waals surface area contributed by atoms with E-state index >= 15 is 0 Å². The van der Waals surface area contributed by atoms with Crippen LogP contribution in [0, 0.1) is 17.2 Å². The maximum atomic E-state index is 14.0. The Kier molecular flexibility index (Phi) is 5.48. The van der Waals surface area contributed by atoms with Crippen LogP contribution in [-0.4, -0.2) is 46.1 Å². The third-order valence-corrected chi connectivity index (χ3v) is 7.64. The number of nitrogens with zero attached hydrogens (tertiary/aromatic N) is 3. The maximum Gasteiger partial charge on any atom is 0.255 e. The normalized spacial score (nSPS) is 23.8. The number of amides is 3. The van der Waals surface area contributed by atoms with Crippen molar-refractivity contribution in [2.75, 3.05) is 11.9 Å². The molecule has 34 heavy (non-hydrogen) atoms. The molecule has 1 fully saturated rings. The molecule has 3 heterocycles. The van der Waals surface area contributed by atoms with Crippen LogP contribution in [0.4, 0.5) is 5.69 Å². The molecule has 2 aromatic rings. The summed E-state index contributed by atoms with van der Waals surface area (Å²) in [7, 11) is 0. The van der Waals surface area contributed by atoms with E-state index in [-0.39, 0.29) is 24.2 Å². The highest BCUT2D eigenvalue weighted by Crippen LogP contribution is 2.46. The number of benzene rings is 2. The Morgan fingerprint density at radius 3 is 2.76 bits per heavy atom. The average molecular weight is 521 g/mol. The van der Waals surface area contributed by atoms with Crippen LogP contribution in [0.3, 0.4) is 0 Å². The first kappa shape index (κ1) is 22.6. The highest BCUT2D eigenvalue weighted by molar-refractivity contribution is 9.10. The number of fused-ring (bicyclic) bond motifs is 3. The monoisotopic (exact) mass is 520 g/mol. The van der Waals surface area contributed by atoms with E-state index in [0.717, 1.165) is 26.2 Å². The van der Waals surface area contributed by atoms with E-state index in [2.05, 4.69) is 27.3 Å². The van der Waals surface area contributed by atoms with Gasteiger partial charge in [0.05, 0.1) is 11.5 Å². The number of nitriles is 1. The van der Waals surface area contributed by atoms with Crippen molar-refractivity contribution < 1.29 is 14.4 Å². The second-order valence-corrected chi connectivity index (χ2v) is 10.6. The van der Waals surface area contributed by atoms with Gasteiger partial charge in [0.2, 0.25) is 5.91 Å². The Morgan fingerprint density at radius 1 is 1.26 bits per heavy atom. The Hall–Kier alpha value is -3.18. The minimum absolute atomic E-state index is 0.110. The van der Waals surface area contributed by atoms with Gasteiger partial charge in [0, 0.05) is 35.2 Å². The molecule has 0 radical (unpaired) electrons. The summed E-state index contributed by atoms with van der Waals surface area (Å²) in [6.45, 7) is 4.61. The lowest BCUT2D eigenvalue weighted by atomic mass is 9.80. The SMILES string of the molecule is CC(C)CC(C(=O)N1C(=O)[C@]2(CNc3ccccc32)C[C@H]1C#N)N1Cc2cc(Br)ccc2C1=O. The number of carbonyl (C=O) groups excluding carboxylic acids is 3. The highest BCUT2D eigenvalue weighted by atomic mass is 79.9. The van der Waals surface area contributed by atoms with Crippen molar-refractivity contribution in [1.82, 2.24) is 9.80 Å². The molecule has 1 N–H and O–H groups in total. The molecule has 0 bridgehead atoms. The topological polar surface area (TPSA) is 93.5 Å². The highest BCUT2D eigenvalue weighted by Gasteiger charge is 2.59. The molecule has 8 heteroatoms. The van der Waals surface area contributed by atoms with Crippen molar-refractivity contribution in [2.24, 2.45) is 5.92 Å². The van der Waals surface area contributed by atoms with Gasteiger partial charge in [0.1, 0.15) is 12.1 Å². The van der Waals surface area contributed by atoms with Crippen molar-refractivity contribution in [2.45, 2.75) is 50.7 Å². The van der Waals surface area contributed by atoms with E-state index in [4.69, 9.17) is 0 Å². The van der Waals surface area contributed by atoms with Crippen LogP contribution >= 0.6 is 15.9 Å². The van der Waals surface area contributed by atoms with Gasteiger partial charge in [-0.25, -0.2) is 0 Å². The van der Waals surface area contributed by atoms with E-state index in [9.17, 15) is 19.6 Å². The van der Waals surface area contributed by atoms with Gasteiger partial charge in [-0.1, -0.05) is 48.0 Å². The molecule has 0 aliphatic carbocycles. The molecule has 0 aromatic heterocycles. The van der Waals surface area contributed by atoms with Crippen LogP contribution in [0.15, 0.2) is 46.9 Å². The summed E-state index contributed by atoms with van der Waals surface area (Å²) in [5.74, 6) is -0.934. The molecule has 1 spiro atoms. The molecule has 3 amide bonds. The first-order valence-electron chi connectivity index (χ1n) is 11.5. The molecule has 2 aromatic carbocycles. The second-order valence-electron chi connectivity index (χ2n) is 9.72. The Balaban J connectivity index is 1.50. The molecule has 0 saturated carbocycles.